The molecule has 77 heavy (non-hydrogen) atoms. The Morgan fingerprint density at radius 1 is 0.403 bits per heavy atom. The molecule has 388 valence electrons. The van der Waals surface area contributed by atoms with Gasteiger partial charge in [0.25, 0.3) is 0 Å². The maximum atomic E-state index is 10.5. The van der Waals surface area contributed by atoms with E-state index < -0.39 is 42.8 Å². The molecule has 15 nitrogen and oxygen atoms in total. The van der Waals surface area contributed by atoms with Crippen LogP contribution in [0.1, 0.15) is 27.0 Å². The quantitative estimate of drug-likeness (QED) is 0.0176. The number of benzene rings is 10. The van der Waals surface area contributed by atoms with Gasteiger partial charge < -0.3 is 72.5 Å². The Morgan fingerprint density at radius 3 is 1.08 bits per heavy atom. The number of hydrogen-bond donors (Lipinski definition) is 14. The molecule has 0 saturated heterocycles. The first-order valence-corrected chi connectivity index (χ1v) is 23.7. The first-order valence-electron chi connectivity index (χ1n) is 23.7. The van der Waals surface area contributed by atoms with Crippen LogP contribution in [0.2, 0.25) is 6.82 Å². The lowest BCUT2D eigenvalue weighted by molar-refractivity contribution is 0.0693. The summed E-state index contributed by atoms with van der Waals surface area (Å²) in [5, 5.41) is 116. The second-order valence-corrected chi connectivity index (χ2v) is 18.2. The molecule has 0 radical (unpaired) electrons. The summed E-state index contributed by atoms with van der Waals surface area (Å²) in [6.45, 7) is 8.15. The fourth-order valence-electron chi connectivity index (χ4n) is 8.34. The van der Waals surface area contributed by atoms with Crippen molar-refractivity contribution in [2.75, 3.05) is 11.5 Å². The van der Waals surface area contributed by atoms with E-state index in [9.17, 15) is 40.5 Å². The Hall–Kier alpha value is -9.80. The number of aromatic carboxylic acids is 1. The van der Waals surface area contributed by atoms with Gasteiger partial charge in [-0.1, -0.05) is 91.8 Å². The van der Waals surface area contributed by atoms with E-state index in [-0.39, 0.29) is 34.3 Å². The van der Waals surface area contributed by atoms with Crippen molar-refractivity contribution in [1.82, 2.24) is 0 Å². The Bertz CT molecular complexity index is 3330. The number of anilines is 2. The maximum absolute atomic E-state index is 10.5. The predicted molar refractivity (Wildman–Crippen MR) is 306 cm³/mol. The summed E-state index contributed by atoms with van der Waals surface area (Å²) in [4.78, 5) is 10.5. The normalized spacial score (nSPS) is 10.6. The number of aliphatic hydroxyl groups excluding tert-OH is 1. The number of rotatable bonds is 7. The minimum Gasteiger partial charge on any atom is -0.508 e. The van der Waals surface area contributed by atoms with E-state index in [1.54, 1.807) is 50.1 Å². The van der Waals surface area contributed by atoms with Crippen LogP contribution in [0.15, 0.2) is 170 Å². The van der Waals surface area contributed by atoms with E-state index in [2.05, 4.69) is 80.2 Å². The Balaban J connectivity index is 0.000000157. The van der Waals surface area contributed by atoms with E-state index >= 15 is 0 Å². The van der Waals surface area contributed by atoms with Gasteiger partial charge in [0.1, 0.15) is 28.6 Å². The van der Waals surface area contributed by atoms with Crippen molar-refractivity contribution in [3.8, 4) is 73.6 Å². The molecule has 0 unspecified atom stereocenters. The van der Waals surface area contributed by atoms with E-state index in [4.69, 9.17) is 36.8 Å². The number of aromatic hydroxyl groups is 7. The lowest BCUT2D eigenvalue weighted by Gasteiger charge is -2.14. The molecule has 0 atom stereocenters. The first kappa shape index (κ1) is 55.0. The number of phenolic OH excluding ortho intramolecular Hbond substituents is 6. The molecule has 0 fully saturated rings. The van der Waals surface area contributed by atoms with Crippen molar-refractivity contribution in [3.05, 3.63) is 193 Å². The fourth-order valence-corrected chi connectivity index (χ4v) is 8.34. The van der Waals surface area contributed by atoms with Crippen molar-refractivity contribution in [1.29, 1.82) is 0 Å². The number of aryl methyl sites for hydroxylation is 2. The van der Waals surface area contributed by atoms with Crippen molar-refractivity contribution >= 4 is 80.4 Å². The van der Waals surface area contributed by atoms with Crippen LogP contribution < -0.4 is 22.4 Å². The molecule has 0 aliphatic carbocycles. The molecule has 10 aromatic rings. The summed E-state index contributed by atoms with van der Waals surface area (Å²) in [7, 11) is -1.44. The standard InChI is InChI=1S/C25H22N2.C19H14O5.C9H8O5.C7H10B2O3/c1-17-2-4-18(5-3-17)21-14-22(19-6-10-24(26)11-7-19)16-23(15-21)20-8-12-25(27)13-9-20;1-8-2-9-10(3-15(8)20)12-5-17(22)19(24)7-14(12)13-6-18(23)16(21)4-11(9)13;1-4(10)5-2-8(12)6(9(13)14)3-7(5)11;1-8(10)6-2-4-7(5-3-6)9(11)12/h2-16H,26-27H2,1H3;2-7,20-24H,1H3;2-3,10-12H,1H2,(H,13,14);2-5,10-12H,1H3. The number of phenols is 7. The number of fused-ring (bicyclic) bond motifs is 6. The average Bonchev–Trinajstić information content (AvgIpc) is 3.43. The van der Waals surface area contributed by atoms with Crippen LogP contribution in [0.4, 0.5) is 11.4 Å². The molecule has 17 heteroatoms. The number of nitrogen functional groups attached to an aromatic ring is 2. The third kappa shape index (κ3) is 12.8. The van der Waals surface area contributed by atoms with Gasteiger partial charge in [-0.2, -0.15) is 0 Å². The van der Waals surface area contributed by atoms with Gasteiger partial charge in [0.05, 0.1) is 5.56 Å². The molecule has 10 rings (SSSR count). The van der Waals surface area contributed by atoms with Gasteiger partial charge in [0.2, 0.25) is 0 Å². The van der Waals surface area contributed by atoms with Gasteiger partial charge in [-0.15, -0.1) is 0 Å². The average molecular weight is 1030 g/mol. The molecule has 0 heterocycles. The van der Waals surface area contributed by atoms with Crippen LogP contribution in [0.5, 0.6) is 40.2 Å². The zero-order chi connectivity index (χ0) is 56.0. The molecule has 0 saturated carbocycles. The highest BCUT2D eigenvalue weighted by atomic mass is 16.4. The minimum absolute atomic E-state index is 0.104. The number of carbonyl (C=O) groups is 1. The van der Waals surface area contributed by atoms with E-state index in [0.29, 0.717) is 38.0 Å². The van der Waals surface area contributed by atoms with Crippen LogP contribution in [0.3, 0.4) is 0 Å². The SMILES string of the molecule is C=C(O)c1cc(O)c(C(=O)O)cc1O.CB(O)c1ccc(B(O)O)cc1.Cc1cc2c(cc1O)c1cc(O)c(O)cc1c1cc(O)c(O)cc21.Cc1ccc(-c2cc(-c3ccc(N)cc3)cc(-c3ccc(N)cc3)c2)cc1. The molecule has 10 aromatic carbocycles. The summed E-state index contributed by atoms with van der Waals surface area (Å²) in [5.74, 6) is -3.78. The highest BCUT2D eigenvalue weighted by Gasteiger charge is 2.18. The van der Waals surface area contributed by atoms with Crippen molar-refractivity contribution < 1.29 is 65.8 Å². The largest absolute Gasteiger partial charge is 0.508 e. The van der Waals surface area contributed by atoms with Gasteiger partial charge in [0.15, 0.2) is 23.0 Å². The molecule has 0 amide bonds. The first-order chi connectivity index (χ1) is 36.5. The van der Waals surface area contributed by atoms with Crippen molar-refractivity contribution in [2.45, 2.75) is 20.7 Å². The minimum atomic E-state index is -1.44. The van der Waals surface area contributed by atoms with Crippen LogP contribution in [-0.2, 0) is 0 Å². The van der Waals surface area contributed by atoms with E-state index in [0.717, 1.165) is 45.5 Å². The zero-order valence-electron chi connectivity index (χ0n) is 41.9. The summed E-state index contributed by atoms with van der Waals surface area (Å²) >= 11 is 0. The van der Waals surface area contributed by atoms with Gasteiger partial charge >= 0.3 is 20.0 Å². The van der Waals surface area contributed by atoms with Gasteiger partial charge in [-0.25, -0.2) is 4.79 Å². The lowest BCUT2D eigenvalue weighted by Crippen LogP contribution is -2.33. The molecule has 0 aliphatic heterocycles. The number of aliphatic hydroxyl groups is 1. The summed E-state index contributed by atoms with van der Waals surface area (Å²) in [6.07, 6.45) is 0. The van der Waals surface area contributed by atoms with Crippen LogP contribution >= 0.6 is 0 Å². The maximum Gasteiger partial charge on any atom is 0.488 e. The highest BCUT2D eigenvalue weighted by Crippen LogP contribution is 2.44. The van der Waals surface area contributed by atoms with Gasteiger partial charge in [-0.05, 0) is 187 Å². The highest BCUT2D eigenvalue weighted by molar-refractivity contribution is 6.65. The molecule has 16 N–H and O–H groups in total. The Kier molecular flexibility index (Phi) is 16.5. The van der Waals surface area contributed by atoms with Crippen LogP contribution in [-0.4, -0.2) is 81.0 Å². The molecule has 0 aromatic heterocycles. The summed E-state index contributed by atoms with van der Waals surface area (Å²) in [6, 6.07) is 48.7. The summed E-state index contributed by atoms with van der Waals surface area (Å²) < 4.78 is 0. The molecular weight excluding hydrogens is 978 g/mol. The fraction of sp³-hybridized carbons (Fsp3) is 0.0500. The number of nitrogens with two attached hydrogens (primary N) is 2. The topological polar surface area (TPSA) is 312 Å². The third-order valence-electron chi connectivity index (χ3n) is 12.6. The smallest absolute Gasteiger partial charge is 0.488 e. The van der Waals surface area contributed by atoms with E-state index in [1.165, 1.54) is 52.1 Å². The Labute approximate surface area is 442 Å². The third-order valence-corrected chi connectivity index (χ3v) is 12.6. The predicted octanol–water partition coefficient (Wildman–Crippen LogP) is 9.65. The monoisotopic (exact) mass is 1030 g/mol. The van der Waals surface area contributed by atoms with Gasteiger partial charge in [0, 0.05) is 11.4 Å². The van der Waals surface area contributed by atoms with Crippen LogP contribution in [0.25, 0.3) is 71.5 Å². The zero-order valence-corrected chi connectivity index (χ0v) is 41.9. The van der Waals surface area contributed by atoms with Crippen LogP contribution in [0, 0.1) is 13.8 Å². The summed E-state index contributed by atoms with van der Waals surface area (Å²) in [5.41, 5.74) is 22.9. The molecule has 0 bridgehead atoms. The molecular formula is C60H54B2N2O13. The Morgan fingerprint density at radius 2 is 0.727 bits per heavy atom. The lowest BCUT2D eigenvalue weighted by atomic mass is 9.63. The van der Waals surface area contributed by atoms with Crippen molar-refractivity contribution in [2.24, 2.45) is 0 Å². The molecule has 0 aliphatic rings. The van der Waals surface area contributed by atoms with Gasteiger partial charge in [-0.3, -0.25) is 0 Å². The number of carboxylic acid groups (broad SMARTS) is 1. The van der Waals surface area contributed by atoms with Crippen molar-refractivity contribution in [3.63, 3.8) is 0 Å². The number of hydrogen-bond acceptors (Lipinski definition) is 14. The van der Waals surface area contributed by atoms with E-state index in [1.807, 2.05) is 24.3 Å². The second-order valence-electron chi connectivity index (χ2n) is 18.2. The molecule has 0 spiro atoms. The second kappa shape index (κ2) is 23.2. The number of carboxylic acids is 1.